The van der Waals surface area contributed by atoms with Gasteiger partial charge in [-0.15, -0.1) is 0 Å². The van der Waals surface area contributed by atoms with Gasteiger partial charge in [-0.2, -0.15) is 0 Å². The Bertz CT molecular complexity index is 234. The Morgan fingerprint density at radius 3 is 2.47 bits per heavy atom. The van der Waals surface area contributed by atoms with Crippen molar-refractivity contribution < 1.29 is 24.5 Å². The summed E-state index contributed by atoms with van der Waals surface area (Å²) in [5.41, 5.74) is -2.52. The fourth-order valence-corrected chi connectivity index (χ4v) is 1.94. The molecule has 0 aromatic carbocycles. The van der Waals surface area contributed by atoms with Crippen LogP contribution in [0.1, 0.15) is 19.8 Å². The zero-order chi connectivity index (χ0) is 11.5. The van der Waals surface area contributed by atoms with Gasteiger partial charge in [-0.05, 0) is 6.92 Å². The predicted octanol–water partition coefficient (Wildman–Crippen LogP) is 0.265. The van der Waals surface area contributed by atoms with E-state index in [1.165, 1.54) is 14.0 Å². The van der Waals surface area contributed by atoms with Crippen LogP contribution < -0.4 is 0 Å². The van der Waals surface area contributed by atoms with E-state index in [0.29, 0.717) is 26.1 Å². The number of aliphatic carboxylic acids is 1. The number of methoxy groups -OCH3 is 1. The van der Waals surface area contributed by atoms with Crippen molar-refractivity contribution in [2.75, 3.05) is 26.9 Å². The van der Waals surface area contributed by atoms with Gasteiger partial charge in [0.05, 0.1) is 12.2 Å². The lowest BCUT2D eigenvalue weighted by Crippen LogP contribution is -2.56. The first kappa shape index (κ1) is 12.4. The van der Waals surface area contributed by atoms with E-state index in [1.807, 2.05) is 0 Å². The summed E-state index contributed by atoms with van der Waals surface area (Å²) < 4.78 is 10.0. The molecule has 1 fully saturated rings. The lowest BCUT2D eigenvalue weighted by atomic mass is 9.69. The molecule has 1 heterocycles. The lowest BCUT2D eigenvalue weighted by Gasteiger charge is -2.43. The Morgan fingerprint density at radius 2 is 2.07 bits per heavy atom. The molecule has 0 aromatic heterocycles. The number of hydrogen-bond donors (Lipinski definition) is 2. The predicted molar refractivity (Wildman–Crippen MR) is 52.6 cm³/mol. The Morgan fingerprint density at radius 1 is 1.53 bits per heavy atom. The maximum Gasteiger partial charge on any atom is 0.314 e. The molecular weight excluding hydrogens is 200 g/mol. The number of carboxylic acid groups (broad SMARTS) is 1. The molecule has 0 aromatic rings. The van der Waals surface area contributed by atoms with Gasteiger partial charge in [0.15, 0.2) is 0 Å². The van der Waals surface area contributed by atoms with Crippen LogP contribution in [0.2, 0.25) is 0 Å². The van der Waals surface area contributed by atoms with Gasteiger partial charge in [0, 0.05) is 33.2 Å². The summed E-state index contributed by atoms with van der Waals surface area (Å²) in [5, 5.41) is 19.6. The van der Waals surface area contributed by atoms with Gasteiger partial charge in [-0.1, -0.05) is 0 Å². The second kappa shape index (κ2) is 4.47. The maximum absolute atomic E-state index is 11.2. The second-order valence-electron chi connectivity index (χ2n) is 4.21. The first-order valence-electron chi connectivity index (χ1n) is 4.99. The molecule has 15 heavy (non-hydrogen) atoms. The summed E-state index contributed by atoms with van der Waals surface area (Å²) in [6, 6.07) is 0. The van der Waals surface area contributed by atoms with Gasteiger partial charge >= 0.3 is 5.97 Å². The summed E-state index contributed by atoms with van der Waals surface area (Å²) in [7, 11) is 1.43. The van der Waals surface area contributed by atoms with E-state index in [0.717, 1.165) is 0 Å². The van der Waals surface area contributed by atoms with Crippen LogP contribution in [0.4, 0.5) is 0 Å². The molecule has 0 amide bonds. The van der Waals surface area contributed by atoms with Gasteiger partial charge in [0.1, 0.15) is 5.41 Å². The molecule has 1 aliphatic rings. The molecular formula is C10H18O5. The zero-order valence-electron chi connectivity index (χ0n) is 9.15. The Hall–Kier alpha value is -0.650. The third-order valence-electron chi connectivity index (χ3n) is 3.25. The third kappa shape index (κ3) is 2.14. The first-order valence-corrected chi connectivity index (χ1v) is 4.99. The van der Waals surface area contributed by atoms with E-state index < -0.39 is 17.0 Å². The van der Waals surface area contributed by atoms with E-state index in [2.05, 4.69) is 0 Å². The van der Waals surface area contributed by atoms with Crippen molar-refractivity contribution in [2.24, 2.45) is 5.41 Å². The Labute approximate surface area is 89.0 Å². The van der Waals surface area contributed by atoms with E-state index in [9.17, 15) is 15.0 Å². The molecule has 0 saturated carbocycles. The highest BCUT2D eigenvalue weighted by Gasteiger charge is 2.53. The van der Waals surface area contributed by atoms with Crippen LogP contribution in [-0.4, -0.2) is 48.7 Å². The Kier molecular flexibility index (Phi) is 3.70. The molecule has 5 nitrogen and oxygen atoms in total. The molecule has 0 spiro atoms. The van der Waals surface area contributed by atoms with E-state index in [1.54, 1.807) is 0 Å². The standard InChI is InChI=1S/C10H18O5/c1-9(7-14-2,8(11)12)10(13)3-5-15-6-4-10/h13H,3-7H2,1-2H3,(H,11,12). The molecule has 1 aliphatic heterocycles. The molecule has 1 saturated heterocycles. The minimum absolute atomic E-state index is 0.00116. The van der Waals surface area contributed by atoms with Crippen LogP contribution in [0.3, 0.4) is 0 Å². The van der Waals surface area contributed by atoms with Crippen molar-refractivity contribution in [2.45, 2.75) is 25.4 Å². The number of rotatable bonds is 4. The van der Waals surface area contributed by atoms with Crippen LogP contribution in [0.15, 0.2) is 0 Å². The highest BCUT2D eigenvalue weighted by Crippen LogP contribution is 2.39. The second-order valence-corrected chi connectivity index (χ2v) is 4.21. The van der Waals surface area contributed by atoms with Crippen molar-refractivity contribution in [3.05, 3.63) is 0 Å². The normalized spacial score (nSPS) is 24.5. The molecule has 1 unspecified atom stereocenters. The van der Waals surface area contributed by atoms with Crippen molar-refractivity contribution >= 4 is 5.97 Å². The molecule has 0 radical (unpaired) electrons. The molecule has 0 aliphatic carbocycles. The van der Waals surface area contributed by atoms with Crippen LogP contribution in [0.5, 0.6) is 0 Å². The average molecular weight is 218 g/mol. The summed E-state index contributed by atoms with van der Waals surface area (Å²) in [5.74, 6) is -1.03. The fourth-order valence-electron chi connectivity index (χ4n) is 1.94. The monoisotopic (exact) mass is 218 g/mol. The summed E-state index contributed by atoms with van der Waals surface area (Å²) in [4.78, 5) is 11.2. The van der Waals surface area contributed by atoms with Crippen molar-refractivity contribution in [1.29, 1.82) is 0 Å². The fraction of sp³-hybridized carbons (Fsp3) is 0.900. The van der Waals surface area contributed by atoms with E-state index in [4.69, 9.17) is 9.47 Å². The van der Waals surface area contributed by atoms with E-state index >= 15 is 0 Å². The topological polar surface area (TPSA) is 76.0 Å². The van der Waals surface area contributed by atoms with Crippen LogP contribution in [0.25, 0.3) is 0 Å². The molecule has 2 N–H and O–H groups in total. The third-order valence-corrected chi connectivity index (χ3v) is 3.25. The highest BCUT2D eigenvalue weighted by atomic mass is 16.5. The van der Waals surface area contributed by atoms with Crippen LogP contribution >= 0.6 is 0 Å². The molecule has 1 atom stereocenters. The number of carbonyl (C=O) groups is 1. The van der Waals surface area contributed by atoms with Crippen LogP contribution in [0, 0.1) is 5.41 Å². The first-order chi connectivity index (χ1) is 6.96. The lowest BCUT2D eigenvalue weighted by molar-refractivity contribution is -0.189. The molecule has 1 rings (SSSR count). The quantitative estimate of drug-likeness (QED) is 0.708. The summed E-state index contributed by atoms with van der Waals surface area (Å²) in [6.07, 6.45) is 0.665. The van der Waals surface area contributed by atoms with Crippen molar-refractivity contribution in [3.63, 3.8) is 0 Å². The van der Waals surface area contributed by atoms with Gasteiger partial charge in [-0.25, -0.2) is 0 Å². The SMILES string of the molecule is COCC(C)(C(=O)O)C1(O)CCOCC1. The number of carboxylic acids is 1. The molecule has 5 heteroatoms. The minimum atomic E-state index is -1.27. The average Bonchev–Trinajstić information content (AvgIpc) is 2.18. The van der Waals surface area contributed by atoms with E-state index in [-0.39, 0.29) is 6.61 Å². The van der Waals surface area contributed by atoms with Crippen molar-refractivity contribution in [3.8, 4) is 0 Å². The summed E-state index contributed by atoms with van der Waals surface area (Å²) >= 11 is 0. The Balaban J connectivity index is 2.90. The van der Waals surface area contributed by atoms with Gasteiger partial charge < -0.3 is 19.7 Å². The van der Waals surface area contributed by atoms with Crippen molar-refractivity contribution in [1.82, 2.24) is 0 Å². The maximum atomic E-state index is 11.2. The van der Waals surface area contributed by atoms with Gasteiger partial charge in [-0.3, -0.25) is 4.79 Å². The molecule has 88 valence electrons. The smallest absolute Gasteiger partial charge is 0.314 e. The number of aliphatic hydroxyl groups is 1. The number of hydrogen-bond acceptors (Lipinski definition) is 4. The highest BCUT2D eigenvalue weighted by molar-refractivity contribution is 5.76. The van der Waals surface area contributed by atoms with Gasteiger partial charge in [0.25, 0.3) is 0 Å². The largest absolute Gasteiger partial charge is 0.481 e. The van der Waals surface area contributed by atoms with Crippen LogP contribution in [-0.2, 0) is 14.3 Å². The number of ether oxygens (including phenoxy) is 2. The minimum Gasteiger partial charge on any atom is -0.481 e. The van der Waals surface area contributed by atoms with Gasteiger partial charge in [0.2, 0.25) is 0 Å². The zero-order valence-corrected chi connectivity index (χ0v) is 9.15. The molecule has 0 bridgehead atoms. The summed E-state index contributed by atoms with van der Waals surface area (Å²) in [6.45, 7) is 2.30.